The van der Waals surface area contributed by atoms with Crippen molar-refractivity contribution in [3.05, 3.63) is 37.5 Å². The van der Waals surface area contributed by atoms with E-state index in [0.717, 1.165) is 0 Å². The summed E-state index contributed by atoms with van der Waals surface area (Å²) in [5.41, 5.74) is 0. The second-order valence-corrected chi connectivity index (χ2v) is 9.37. The largest absolute Gasteiger partial charge is 0.205 e. The van der Waals surface area contributed by atoms with Crippen molar-refractivity contribution < 1.29 is 17.6 Å². The first-order chi connectivity index (χ1) is 9.36. The molecule has 0 aromatic heterocycles. The van der Waals surface area contributed by atoms with Crippen LogP contribution < -0.4 is 0 Å². The summed E-state index contributed by atoms with van der Waals surface area (Å²) in [6.07, 6.45) is 0. The minimum Gasteiger partial charge on any atom is -0.205 e. The molecule has 2 aromatic rings. The third-order valence-electron chi connectivity index (χ3n) is 2.55. The van der Waals surface area contributed by atoms with Crippen molar-refractivity contribution in [2.75, 3.05) is 0 Å². The lowest BCUT2D eigenvalue weighted by molar-refractivity contribution is 0.449. The number of benzene rings is 2. The first-order valence-electron chi connectivity index (χ1n) is 4.80. The molecule has 108 valence electrons. The molecular weight excluding hydrogens is 728 g/mol. The van der Waals surface area contributed by atoms with E-state index >= 15 is 0 Å². The van der Waals surface area contributed by atoms with Crippen LogP contribution in [0.2, 0.25) is 0 Å². The zero-order valence-electron chi connectivity index (χ0n) is 9.44. The van der Waals surface area contributed by atoms with Gasteiger partial charge in [-0.2, -0.15) is 0 Å². The van der Waals surface area contributed by atoms with E-state index in [-0.39, 0.29) is 17.9 Å². The maximum Gasteiger partial charge on any atom is 0.196 e. The van der Waals surface area contributed by atoms with Gasteiger partial charge in [-0.3, -0.25) is 0 Å². The standard InChI is InChI=1S/C12H4F4I4/c1-19-11-4-3(5(13)6(14)7(11)15)9(17)8(16)12(20-2)10(4)18/h1-2H2. The van der Waals surface area contributed by atoms with Gasteiger partial charge >= 0.3 is 0 Å². The maximum atomic E-state index is 14.2. The van der Waals surface area contributed by atoms with Crippen molar-refractivity contribution in [2.45, 2.75) is 0 Å². The van der Waals surface area contributed by atoms with E-state index in [9.17, 15) is 17.6 Å². The lowest BCUT2D eigenvalue weighted by atomic mass is 10.1. The highest BCUT2D eigenvalue weighted by atomic mass is 127. The summed E-state index contributed by atoms with van der Waals surface area (Å²) in [5, 5.41) is 0.0694. The minimum absolute atomic E-state index is 0.0218. The average molecular weight is 732 g/mol. The Morgan fingerprint density at radius 2 is 1.20 bits per heavy atom. The summed E-state index contributed by atoms with van der Waals surface area (Å²) in [6.45, 7) is 0. The van der Waals surface area contributed by atoms with Gasteiger partial charge in [0, 0.05) is 14.3 Å². The Hall–Kier alpha value is 1.08. The van der Waals surface area contributed by atoms with Gasteiger partial charge in [0.15, 0.2) is 23.3 Å². The molecule has 2 rings (SSSR count). The molecule has 0 saturated heterocycles. The highest BCUT2D eigenvalue weighted by Gasteiger charge is 2.26. The first-order valence-corrected chi connectivity index (χ1v) is 12.2. The number of halogens is 8. The second kappa shape index (κ2) is 6.68. The number of rotatable bonds is 2. The fourth-order valence-corrected chi connectivity index (χ4v) is 7.95. The Morgan fingerprint density at radius 3 is 1.70 bits per heavy atom. The zero-order chi connectivity index (χ0) is 15.2. The Bertz CT molecular complexity index is 771. The summed E-state index contributed by atoms with van der Waals surface area (Å²) >= 11 is 1.55. The van der Waals surface area contributed by atoms with Crippen molar-refractivity contribution in [3.8, 4) is 0 Å². The molecule has 20 heavy (non-hydrogen) atoms. The van der Waals surface area contributed by atoms with Crippen LogP contribution in [-0.4, -0.2) is 9.03 Å². The van der Waals surface area contributed by atoms with E-state index in [2.05, 4.69) is 9.03 Å². The number of fused-ring (bicyclic) bond motifs is 1. The van der Waals surface area contributed by atoms with Crippen LogP contribution in [0.3, 0.4) is 0 Å². The molecular formula is C12H4F4I4. The van der Waals surface area contributed by atoms with Gasteiger partial charge in [-0.05, 0) is 45.2 Å². The molecule has 0 heterocycles. The summed E-state index contributed by atoms with van der Waals surface area (Å²) in [7, 11) is 0. The third-order valence-corrected chi connectivity index (χ3v) is 9.23. The molecule has 0 aliphatic carbocycles. The fourth-order valence-electron chi connectivity index (χ4n) is 1.70. The highest BCUT2D eigenvalue weighted by molar-refractivity contribution is 14.2. The van der Waals surface area contributed by atoms with Gasteiger partial charge in [-0.15, -0.1) is 0 Å². The molecule has 0 amide bonds. The van der Waals surface area contributed by atoms with Crippen molar-refractivity contribution in [1.29, 1.82) is 0 Å². The second-order valence-electron chi connectivity index (χ2n) is 3.53. The minimum atomic E-state index is -1.55. The SMILES string of the molecule is C=Ic1c(F)c(I)c2c(F)c(F)c(F)c(I=C)c2c1I. The van der Waals surface area contributed by atoms with Gasteiger partial charge in [-0.25, -0.2) is 17.6 Å². The average Bonchev–Trinajstić information content (AvgIpc) is 2.43. The molecule has 0 aliphatic heterocycles. The van der Waals surface area contributed by atoms with Crippen molar-refractivity contribution >= 4 is 106 Å². The molecule has 0 atom stereocenters. The molecule has 0 spiro atoms. The van der Waals surface area contributed by atoms with Gasteiger partial charge in [0.25, 0.3) is 0 Å². The van der Waals surface area contributed by atoms with E-state index in [4.69, 9.17) is 0 Å². The quantitative estimate of drug-likeness (QED) is 0.160. The van der Waals surface area contributed by atoms with Crippen LogP contribution in [0.5, 0.6) is 0 Å². The smallest absolute Gasteiger partial charge is 0.196 e. The first kappa shape index (κ1) is 17.4. The summed E-state index contributed by atoms with van der Waals surface area (Å²) in [5.74, 6) is -4.68. The lowest BCUT2D eigenvalue weighted by Crippen LogP contribution is -2.04. The van der Waals surface area contributed by atoms with Crippen LogP contribution in [0.15, 0.2) is 0 Å². The van der Waals surface area contributed by atoms with Crippen LogP contribution in [-0.2, 0) is 0 Å². The van der Waals surface area contributed by atoms with Gasteiger partial charge in [0.2, 0.25) is 0 Å². The Kier molecular flexibility index (Phi) is 5.82. The highest BCUT2D eigenvalue weighted by Crippen LogP contribution is 2.40. The van der Waals surface area contributed by atoms with Crippen molar-refractivity contribution in [2.24, 2.45) is 0 Å². The molecule has 0 fully saturated rings. The molecule has 0 nitrogen and oxygen atoms in total. The van der Waals surface area contributed by atoms with Gasteiger partial charge in [-0.1, -0.05) is 50.5 Å². The van der Waals surface area contributed by atoms with E-state index in [1.165, 1.54) is 0 Å². The predicted octanol–water partition coefficient (Wildman–Crippen LogP) is 5.75. The van der Waals surface area contributed by atoms with Gasteiger partial charge in [0.1, 0.15) is 0 Å². The normalized spacial score (nSPS) is 11.3. The zero-order valence-corrected chi connectivity index (χ0v) is 18.1. The van der Waals surface area contributed by atoms with Crippen LogP contribution in [0.1, 0.15) is 0 Å². The fraction of sp³-hybridized carbons (Fsp3) is 0. The van der Waals surface area contributed by atoms with E-state index in [1.54, 1.807) is 22.6 Å². The Balaban J connectivity index is 3.27. The van der Waals surface area contributed by atoms with Gasteiger partial charge < -0.3 is 0 Å². The van der Waals surface area contributed by atoms with E-state index in [1.807, 2.05) is 22.6 Å². The molecule has 0 saturated carbocycles. The molecule has 0 unspecified atom stereocenters. The predicted molar refractivity (Wildman–Crippen MR) is 109 cm³/mol. The third kappa shape index (κ3) is 2.59. The molecule has 8 heteroatoms. The van der Waals surface area contributed by atoms with Gasteiger partial charge in [0.05, 0.1) is 10.7 Å². The van der Waals surface area contributed by atoms with Crippen molar-refractivity contribution in [3.63, 3.8) is 0 Å². The molecule has 0 N–H and O–H groups in total. The summed E-state index contributed by atoms with van der Waals surface area (Å²) in [6, 6.07) is 0. The summed E-state index contributed by atoms with van der Waals surface area (Å²) < 4.78 is 64.1. The van der Waals surface area contributed by atoms with Crippen LogP contribution in [0.4, 0.5) is 17.6 Å². The molecule has 0 bridgehead atoms. The molecule has 0 radical (unpaired) electrons. The lowest BCUT2D eigenvalue weighted by Gasteiger charge is -2.13. The van der Waals surface area contributed by atoms with Crippen molar-refractivity contribution in [1.82, 2.24) is 0 Å². The van der Waals surface area contributed by atoms with E-state index < -0.39 is 64.7 Å². The monoisotopic (exact) mass is 732 g/mol. The molecule has 2 aromatic carbocycles. The number of hydrogen-bond donors (Lipinski definition) is 0. The Labute approximate surface area is 159 Å². The van der Waals surface area contributed by atoms with Crippen LogP contribution in [0, 0.1) is 37.5 Å². The van der Waals surface area contributed by atoms with Crippen LogP contribution in [0.25, 0.3) is 10.8 Å². The Morgan fingerprint density at radius 1 is 0.650 bits per heavy atom. The molecule has 0 aliphatic rings. The topological polar surface area (TPSA) is 0 Å². The number of hydrogen-bond acceptors (Lipinski definition) is 0. The summed E-state index contributed by atoms with van der Waals surface area (Å²) in [4.78, 5) is 0. The van der Waals surface area contributed by atoms with E-state index in [0.29, 0.717) is 7.14 Å². The maximum absolute atomic E-state index is 14.2. The van der Waals surface area contributed by atoms with Crippen LogP contribution >= 0.6 is 86.6 Å².